The van der Waals surface area contributed by atoms with Crippen LogP contribution in [0.15, 0.2) is 29.8 Å². The lowest BCUT2D eigenvalue weighted by Gasteiger charge is -2.23. The number of hydrogen-bond donors (Lipinski definition) is 2. The van der Waals surface area contributed by atoms with E-state index in [9.17, 15) is 4.79 Å². The van der Waals surface area contributed by atoms with Gasteiger partial charge in [0.05, 0.1) is 6.20 Å². The van der Waals surface area contributed by atoms with E-state index in [1.165, 1.54) is 24.2 Å². The van der Waals surface area contributed by atoms with Crippen molar-refractivity contribution in [1.29, 1.82) is 0 Å². The number of amides is 1. The van der Waals surface area contributed by atoms with Crippen LogP contribution in [0.2, 0.25) is 0 Å². The molecule has 0 saturated carbocycles. The minimum atomic E-state index is -0.250. The highest BCUT2D eigenvalue weighted by Gasteiger charge is 2.22. The van der Waals surface area contributed by atoms with Crippen molar-refractivity contribution in [2.24, 2.45) is 0 Å². The van der Waals surface area contributed by atoms with Crippen LogP contribution < -0.4 is 10.6 Å². The molecule has 3 N–H and O–H groups in total. The third-order valence-electron chi connectivity index (χ3n) is 3.78. The standard InChI is InChI=1S/C15H19N7OS.CH2O2/c1-24-15-19-12(16)9-13(20-15)21-5-2-6-22(8-7-21)14(23)11-10-17-3-4-18-11;2-1-3/h3-4,9-10H,2,5-8H2,1H3,(H2,16,19,20);1H,(H,2,3). The molecule has 0 bridgehead atoms. The van der Waals surface area contributed by atoms with Gasteiger partial charge in [-0.25, -0.2) is 15.0 Å². The fourth-order valence-corrected chi connectivity index (χ4v) is 2.99. The monoisotopic (exact) mass is 391 g/mol. The van der Waals surface area contributed by atoms with E-state index in [1.54, 1.807) is 12.3 Å². The van der Waals surface area contributed by atoms with Gasteiger partial charge in [0.25, 0.3) is 12.4 Å². The number of carbonyl (C=O) groups excluding carboxylic acids is 1. The van der Waals surface area contributed by atoms with Gasteiger partial charge in [-0.15, -0.1) is 0 Å². The largest absolute Gasteiger partial charge is 0.483 e. The normalized spacial score (nSPS) is 14.0. The van der Waals surface area contributed by atoms with Crippen LogP contribution in [0.25, 0.3) is 0 Å². The van der Waals surface area contributed by atoms with E-state index in [4.69, 9.17) is 15.6 Å². The first-order valence-corrected chi connectivity index (χ1v) is 9.38. The highest BCUT2D eigenvalue weighted by Crippen LogP contribution is 2.20. The molecule has 11 heteroatoms. The molecule has 0 aromatic carbocycles. The van der Waals surface area contributed by atoms with Gasteiger partial charge in [-0.1, -0.05) is 11.8 Å². The number of thioether (sulfide) groups is 1. The fraction of sp³-hybridized carbons (Fsp3) is 0.375. The Morgan fingerprint density at radius 3 is 2.70 bits per heavy atom. The van der Waals surface area contributed by atoms with Crippen molar-refractivity contribution in [3.63, 3.8) is 0 Å². The van der Waals surface area contributed by atoms with Crippen molar-refractivity contribution in [1.82, 2.24) is 24.8 Å². The van der Waals surface area contributed by atoms with Crippen molar-refractivity contribution in [2.75, 3.05) is 43.1 Å². The Morgan fingerprint density at radius 2 is 2.04 bits per heavy atom. The lowest BCUT2D eigenvalue weighted by atomic mass is 10.3. The van der Waals surface area contributed by atoms with Gasteiger partial charge < -0.3 is 20.6 Å². The summed E-state index contributed by atoms with van der Waals surface area (Å²) in [6.45, 7) is 2.54. The van der Waals surface area contributed by atoms with Crippen molar-refractivity contribution < 1.29 is 14.7 Å². The van der Waals surface area contributed by atoms with Gasteiger partial charge in [0.1, 0.15) is 17.3 Å². The van der Waals surface area contributed by atoms with E-state index in [2.05, 4.69) is 24.8 Å². The van der Waals surface area contributed by atoms with E-state index in [-0.39, 0.29) is 12.4 Å². The topological polar surface area (TPSA) is 138 Å². The molecule has 0 aliphatic carbocycles. The zero-order chi connectivity index (χ0) is 19.6. The summed E-state index contributed by atoms with van der Waals surface area (Å²) in [7, 11) is 0. The van der Waals surface area contributed by atoms with Crippen LogP contribution in [0.3, 0.4) is 0 Å². The van der Waals surface area contributed by atoms with E-state index < -0.39 is 0 Å². The molecule has 0 radical (unpaired) electrons. The minimum Gasteiger partial charge on any atom is -0.483 e. The first-order chi connectivity index (χ1) is 13.1. The lowest BCUT2D eigenvalue weighted by Crippen LogP contribution is -2.35. The van der Waals surface area contributed by atoms with E-state index in [0.717, 1.165) is 18.8 Å². The van der Waals surface area contributed by atoms with Crippen molar-refractivity contribution >= 4 is 35.8 Å². The summed E-state index contributed by atoms with van der Waals surface area (Å²) in [4.78, 5) is 41.6. The average Bonchev–Trinajstić information content (AvgIpc) is 2.94. The Hall–Kier alpha value is -2.95. The molecule has 2 aromatic rings. The van der Waals surface area contributed by atoms with Gasteiger partial charge in [-0.2, -0.15) is 0 Å². The Labute approximate surface area is 160 Å². The highest BCUT2D eigenvalue weighted by atomic mass is 32.2. The number of hydrogen-bond acceptors (Lipinski definition) is 9. The van der Waals surface area contributed by atoms with Crippen LogP contribution in [0.1, 0.15) is 16.9 Å². The fourth-order valence-electron chi connectivity index (χ4n) is 2.60. The second-order valence-corrected chi connectivity index (χ2v) is 6.24. The number of carbonyl (C=O) groups is 2. The number of nitrogens with zero attached hydrogens (tertiary/aromatic N) is 6. The number of carboxylic acid groups (broad SMARTS) is 1. The summed E-state index contributed by atoms with van der Waals surface area (Å²) in [5.41, 5.74) is 6.24. The zero-order valence-electron chi connectivity index (χ0n) is 14.9. The first-order valence-electron chi connectivity index (χ1n) is 8.15. The summed E-state index contributed by atoms with van der Waals surface area (Å²) >= 11 is 1.46. The van der Waals surface area contributed by atoms with Gasteiger partial charge >= 0.3 is 0 Å². The highest BCUT2D eigenvalue weighted by molar-refractivity contribution is 7.98. The average molecular weight is 391 g/mol. The van der Waals surface area contributed by atoms with E-state index >= 15 is 0 Å². The van der Waals surface area contributed by atoms with Crippen LogP contribution >= 0.6 is 11.8 Å². The predicted octanol–water partition coefficient (Wildman–Crippen LogP) is 0.624. The molecule has 10 nitrogen and oxygen atoms in total. The summed E-state index contributed by atoms with van der Waals surface area (Å²) in [6, 6.07) is 1.78. The molecule has 27 heavy (non-hydrogen) atoms. The van der Waals surface area contributed by atoms with Crippen LogP contribution in [0.5, 0.6) is 0 Å². The van der Waals surface area contributed by atoms with E-state index in [1.807, 2.05) is 11.2 Å². The molecular weight excluding hydrogens is 370 g/mol. The second kappa shape index (κ2) is 10.3. The van der Waals surface area contributed by atoms with Crippen molar-refractivity contribution in [2.45, 2.75) is 11.6 Å². The molecule has 1 aliphatic heterocycles. The SMILES string of the molecule is CSc1nc(N)cc(N2CCCN(C(=O)c3cnccn3)CC2)n1.O=CO. The summed E-state index contributed by atoms with van der Waals surface area (Å²) in [5.74, 6) is 1.18. The predicted molar refractivity (Wildman–Crippen MR) is 102 cm³/mol. The Bertz CT molecular complexity index is 763. The van der Waals surface area contributed by atoms with Gasteiger partial charge in [0, 0.05) is 44.6 Å². The molecule has 144 valence electrons. The number of rotatable bonds is 3. The molecule has 3 rings (SSSR count). The first kappa shape index (κ1) is 20.4. The van der Waals surface area contributed by atoms with Crippen molar-refractivity contribution in [3.05, 3.63) is 30.4 Å². The van der Waals surface area contributed by atoms with Crippen molar-refractivity contribution in [3.8, 4) is 0 Å². The van der Waals surface area contributed by atoms with Gasteiger partial charge in [0.15, 0.2) is 5.16 Å². The summed E-state index contributed by atoms with van der Waals surface area (Å²) < 4.78 is 0. The number of nitrogens with two attached hydrogens (primary N) is 1. The van der Waals surface area contributed by atoms with E-state index in [0.29, 0.717) is 36.3 Å². The van der Waals surface area contributed by atoms with Crippen LogP contribution in [0, 0.1) is 0 Å². The molecule has 1 aliphatic rings. The van der Waals surface area contributed by atoms with Gasteiger partial charge in [-0.05, 0) is 12.7 Å². The molecule has 0 atom stereocenters. The van der Waals surface area contributed by atoms with Gasteiger partial charge in [-0.3, -0.25) is 14.6 Å². The number of nitrogen functional groups attached to an aromatic ring is 1. The number of aromatic nitrogens is 4. The number of anilines is 2. The molecule has 1 saturated heterocycles. The van der Waals surface area contributed by atoms with Crippen LogP contribution in [-0.2, 0) is 4.79 Å². The second-order valence-electron chi connectivity index (χ2n) is 5.47. The molecular formula is C16H21N7O3S. The minimum absolute atomic E-state index is 0.0862. The quantitative estimate of drug-likeness (QED) is 0.435. The third kappa shape index (κ3) is 5.78. The molecule has 1 fully saturated rings. The van der Waals surface area contributed by atoms with Crippen LogP contribution in [0.4, 0.5) is 11.6 Å². The maximum Gasteiger partial charge on any atom is 0.290 e. The summed E-state index contributed by atoms with van der Waals surface area (Å²) in [5, 5.41) is 7.54. The smallest absolute Gasteiger partial charge is 0.290 e. The third-order valence-corrected chi connectivity index (χ3v) is 4.33. The summed E-state index contributed by atoms with van der Waals surface area (Å²) in [6.07, 6.45) is 7.36. The molecule has 3 heterocycles. The maximum atomic E-state index is 12.5. The zero-order valence-corrected chi connectivity index (χ0v) is 15.7. The Kier molecular flexibility index (Phi) is 7.74. The molecule has 1 amide bonds. The van der Waals surface area contributed by atoms with Gasteiger partial charge in [0.2, 0.25) is 0 Å². The maximum absolute atomic E-state index is 12.5. The Balaban J connectivity index is 0.000000817. The molecule has 2 aromatic heterocycles. The van der Waals surface area contributed by atoms with Crippen LogP contribution in [-0.4, -0.2) is 74.8 Å². The Morgan fingerprint density at radius 1 is 1.26 bits per heavy atom. The molecule has 0 spiro atoms. The lowest BCUT2D eigenvalue weighted by molar-refractivity contribution is -0.122. The molecule has 0 unspecified atom stereocenters.